The minimum atomic E-state index is -0.412. The Balaban J connectivity index is 2.06. The quantitative estimate of drug-likeness (QED) is 0.158. The second-order valence-corrected chi connectivity index (χ2v) is 9.17. The van der Waals surface area contributed by atoms with Crippen molar-refractivity contribution in [1.29, 1.82) is 0 Å². The molecule has 0 aliphatic heterocycles. The first-order chi connectivity index (χ1) is 15.1. The molecule has 0 saturated carbocycles. The fraction of sp³-hybridized carbons (Fsp3) is 0.200. The monoisotopic (exact) mass is 447 g/mol. The number of hydrogen-bond donors (Lipinski definition) is 0. The van der Waals surface area contributed by atoms with Gasteiger partial charge >= 0.3 is 5.97 Å². The first-order valence-electron chi connectivity index (χ1n) is 9.93. The summed E-state index contributed by atoms with van der Waals surface area (Å²) in [5.41, 5.74) is 3.69. The molecule has 0 atom stereocenters. The number of aryl methyl sites for hydroxylation is 1. The van der Waals surface area contributed by atoms with Gasteiger partial charge in [-0.1, -0.05) is 36.3 Å². The highest BCUT2D eigenvalue weighted by molar-refractivity contribution is 8.01. The van der Waals surface area contributed by atoms with Crippen LogP contribution in [0.1, 0.15) is 45.0 Å². The molecule has 1 aromatic carbocycles. The van der Waals surface area contributed by atoms with E-state index in [1.165, 1.54) is 11.3 Å². The Morgan fingerprint density at radius 1 is 1.19 bits per heavy atom. The van der Waals surface area contributed by atoms with Crippen molar-refractivity contribution < 1.29 is 14.3 Å². The van der Waals surface area contributed by atoms with E-state index in [0.717, 1.165) is 20.8 Å². The van der Waals surface area contributed by atoms with Gasteiger partial charge in [0.1, 0.15) is 0 Å². The normalized spacial score (nSPS) is 10.8. The van der Waals surface area contributed by atoms with Gasteiger partial charge in [0.25, 0.3) is 0 Å². The molecule has 0 aliphatic rings. The van der Waals surface area contributed by atoms with E-state index in [0.29, 0.717) is 27.1 Å². The number of ether oxygens (including phenoxy) is 1. The molecule has 3 heterocycles. The number of aromatic nitrogens is 1. The Labute approximate surface area is 189 Å². The van der Waals surface area contributed by atoms with E-state index in [2.05, 4.69) is 11.8 Å². The highest BCUT2D eigenvalue weighted by Crippen LogP contribution is 2.43. The summed E-state index contributed by atoms with van der Waals surface area (Å²) in [5, 5.41) is 0.662. The average molecular weight is 448 g/mol. The minimum absolute atomic E-state index is 0.0952. The molecule has 6 heteroatoms. The molecular formula is C25H21NO3S2. The molecule has 4 rings (SSSR count). The van der Waals surface area contributed by atoms with Gasteiger partial charge in [-0.15, -0.1) is 29.0 Å². The van der Waals surface area contributed by atoms with Crippen LogP contribution in [0.4, 0.5) is 0 Å². The van der Waals surface area contributed by atoms with E-state index in [4.69, 9.17) is 4.74 Å². The van der Waals surface area contributed by atoms with E-state index >= 15 is 0 Å². The number of fused-ring (bicyclic) bond motifs is 3. The third-order valence-electron chi connectivity index (χ3n) is 4.88. The molecular weight excluding hydrogens is 426 g/mol. The van der Waals surface area contributed by atoms with Crippen LogP contribution in [-0.2, 0) is 4.74 Å². The van der Waals surface area contributed by atoms with Crippen molar-refractivity contribution in [2.45, 2.75) is 25.0 Å². The van der Waals surface area contributed by atoms with Crippen LogP contribution in [0.3, 0.4) is 0 Å². The Hall–Kier alpha value is -3.01. The summed E-state index contributed by atoms with van der Waals surface area (Å²) in [7, 11) is 0. The fourth-order valence-corrected chi connectivity index (χ4v) is 5.88. The lowest BCUT2D eigenvalue weighted by Crippen LogP contribution is -2.06. The van der Waals surface area contributed by atoms with Crippen LogP contribution in [-0.4, -0.2) is 28.5 Å². The SMILES string of the molecule is CC#CCSc1sc(C(=O)c2ccccc2)c2c(C(=O)OCC)c3cc(C)ccn3c12. The summed E-state index contributed by atoms with van der Waals surface area (Å²) in [6, 6.07) is 13.1. The topological polar surface area (TPSA) is 47.8 Å². The standard InChI is InChI=1S/C25H21NO3S2/c1-4-6-14-30-25-21-20(23(31-25)22(27)17-10-8-7-9-11-17)19(24(28)29-5-2)18-15-16(3)12-13-26(18)21/h7-13,15H,5,14H2,1-3H3. The number of rotatable bonds is 6. The zero-order valence-electron chi connectivity index (χ0n) is 17.5. The van der Waals surface area contributed by atoms with Crippen molar-refractivity contribution in [2.24, 2.45) is 0 Å². The first kappa shape index (κ1) is 21.2. The van der Waals surface area contributed by atoms with Crippen molar-refractivity contribution in [3.05, 3.63) is 70.2 Å². The zero-order valence-corrected chi connectivity index (χ0v) is 19.2. The smallest absolute Gasteiger partial charge is 0.341 e. The molecule has 0 bridgehead atoms. The number of ketones is 1. The number of thioether (sulfide) groups is 1. The zero-order chi connectivity index (χ0) is 22.0. The molecule has 0 amide bonds. The van der Waals surface area contributed by atoms with Crippen molar-refractivity contribution in [2.75, 3.05) is 12.4 Å². The molecule has 4 nitrogen and oxygen atoms in total. The van der Waals surface area contributed by atoms with Gasteiger partial charge in [-0.3, -0.25) is 4.79 Å². The maximum absolute atomic E-state index is 13.5. The molecule has 0 radical (unpaired) electrons. The molecule has 0 spiro atoms. The second-order valence-electron chi connectivity index (χ2n) is 6.91. The van der Waals surface area contributed by atoms with Gasteiger partial charge < -0.3 is 9.14 Å². The molecule has 4 aromatic rings. The van der Waals surface area contributed by atoms with Crippen LogP contribution in [0.15, 0.2) is 52.9 Å². The number of carbonyl (C=O) groups is 2. The average Bonchev–Trinajstić information content (AvgIpc) is 3.29. The number of carbonyl (C=O) groups excluding carboxylic acids is 2. The largest absolute Gasteiger partial charge is 0.462 e. The minimum Gasteiger partial charge on any atom is -0.462 e. The molecule has 156 valence electrons. The van der Waals surface area contributed by atoms with E-state index in [1.807, 2.05) is 54.8 Å². The van der Waals surface area contributed by atoms with Crippen molar-refractivity contribution in [3.8, 4) is 11.8 Å². The van der Waals surface area contributed by atoms with Gasteiger partial charge in [0.05, 0.1) is 38.0 Å². The number of hydrogen-bond acceptors (Lipinski definition) is 5. The van der Waals surface area contributed by atoms with E-state index in [9.17, 15) is 9.59 Å². The van der Waals surface area contributed by atoms with Gasteiger partial charge in [0, 0.05) is 17.1 Å². The van der Waals surface area contributed by atoms with Crippen LogP contribution in [0.5, 0.6) is 0 Å². The van der Waals surface area contributed by atoms with Gasteiger partial charge in [-0.25, -0.2) is 4.79 Å². The highest BCUT2D eigenvalue weighted by atomic mass is 32.2. The lowest BCUT2D eigenvalue weighted by molar-refractivity contribution is 0.0531. The van der Waals surface area contributed by atoms with Crippen LogP contribution < -0.4 is 0 Å². The number of thiophene rings is 1. The summed E-state index contributed by atoms with van der Waals surface area (Å²) in [4.78, 5) is 27.1. The molecule has 0 aliphatic carbocycles. The summed E-state index contributed by atoms with van der Waals surface area (Å²) in [6.45, 7) is 5.84. The van der Waals surface area contributed by atoms with Gasteiger partial charge in [-0.05, 0) is 38.5 Å². The second kappa shape index (κ2) is 9.01. The Kier molecular flexibility index (Phi) is 6.17. The Morgan fingerprint density at radius 3 is 2.68 bits per heavy atom. The Morgan fingerprint density at radius 2 is 1.97 bits per heavy atom. The summed E-state index contributed by atoms with van der Waals surface area (Å²) in [5.74, 6) is 6.09. The molecule has 31 heavy (non-hydrogen) atoms. The van der Waals surface area contributed by atoms with Gasteiger partial charge in [0.15, 0.2) is 0 Å². The Bertz CT molecular complexity index is 1350. The first-order valence-corrected chi connectivity index (χ1v) is 11.7. The maximum Gasteiger partial charge on any atom is 0.341 e. The third kappa shape index (κ3) is 3.87. The predicted octanol–water partition coefficient (Wildman–Crippen LogP) is 5.99. The third-order valence-corrected chi connectivity index (χ3v) is 7.20. The van der Waals surface area contributed by atoms with E-state index in [-0.39, 0.29) is 12.4 Å². The highest BCUT2D eigenvalue weighted by Gasteiger charge is 2.29. The van der Waals surface area contributed by atoms with Crippen LogP contribution in [0, 0.1) is 18.8 Å². The fourth-order valence-electron chi connectivity index (χ4n) is 3.54. The summed E-state index contributed by atoms with van der Waals surface area (Å²) < 4.78 is 8.36. The lowest BCUT2D eigenvalue weighted by atomic mass is 10.1. The molecule has 0 saturated heterocycles. The number of pyridine rings is 1. The molecule has 3 aromatic heterocycles. The molecule has 0 N–H and O–H groups in total. The molecule has 0 fully saturated rings. The van der Waals surface area contributed by atoms with Gasteiger partial charge in [0.2, 0.25) is 5.78 Å². The van der Waals surface area contributed by atoms with Crippen molar-refractivity contribution in [1.82, 2.24) is 4.40 Å². The van der Waals surface area contributed by atoms with Crippen molar-refractivity contribution in [3.63, 3.8) is 0 Å². The van der Waals surface area contributed by atoms with Crippen LogP contribution >= 0.6 is 23.1 Å². The van der Waals surface area contributed by atoms with E-state index < -0.39 is 5.97 Å². The van der Waals surface area contributed by atoms with Crippen LogP contribution in [0.2, 0.25) is 0 Å². The van der Waals surface area contributed by atoms with Crippen LogP contribution in [0.25, 0.3) is 16.4 Å². The predicted molar refractivity (Wildman–Crippen MR) is 128 cm³/mol. The van der Waals surface area contributed by atoms with Gasteiger partial charge in [-0.2, -0.15) is 0 Å². The number of benzene rings is 1. The molecule has 0 unspecified atom stereocenters. The number of esters is 1. The van der Waals surface area contributed by atoms with Crippen molar-refractivity contribution >= 4 is 51.3 Å². The summed E-state index contributed by atoms with van der Waals surface area (Å²) >= 11 is 3.00. The van der Waals surface area contributed by atoms with E-state index in [1.54, 1.807) is 30.8 Å². The lowest BCUT2D eigenvalue weighted by Gasteiger charge is -2.04. The summed E-state index contributed by atoms with van der Waals surface area (Å²) in [6.07, 6.45) is 1.95. The maximum atomic E-state index is 13.5. The number of nitrogens with zero attached hydrogens (tertiary/aromatic N) is 1.